The Morgan fingerprint density at radius 2 is 1.89 bits per heavy atom. The number of nitrogens with zero attached hydrogens (tertiary/aromatic N) is 2. The molecule has 0 bridgehead atoms. The van der Waals surface area contributed by atoms with Crippen LogP contribution < -0.4 is 0 Å². The molecule has 0 atom stereocenters. The summed E-state index contributed by atoms with van der Waals surface area (Å²) in [6, 6.07) is 11.0. The van der Waals surface area contributed by atoms with Crippen molar-refractivity contribution in [3.8, 4) is 0 Å². The summed E-state index contributed by atoms with van der Waals surface area (Å²) < 4.78 is 7.88. The highest BCUT2D eigenvalue weighted by Crippen LogP contribution is 2.20. The number of hydrogen-bond acceptors (Lipinski definition) is 2. The molecule has 2 heterocycles. The van der Waals surface area contributed by atoms with Gasteiger partial charge in [0.25, 0.3) is 0 Å². The van der Waals surface area contributed by atoms with E-state index in [4.69, 9.17) is 4.74 Å². The lowest BCUT2D eigenvalue weighted by molar-refractivity contribution is 0.0364. The fourth-order valence-corrected chi connectivity index (χ4v) is 2.89. The summed E-state index contributed by atoms with van der Waals surface area (Å²) in [5.41, 5.74) is 2.81. The van der Waals surface area contributed by atoms with Gasteiger partial charge < -0.3 is 9.30 Å². The fraction of sp³-hybridized carbons (Fsp3) is 0.500. The van der Waals surface area contributed by atoms with E-state index in [1.807, 2.05) is 0 Å². The minimum Gasteiger partial charge on any atom is -0.379 e. The van der Waals surface area contributed by atoms with E-state index in [1.165, 1.54) is 16.6 Å². The summed E-state index contributed by atoms with van der Waals surface area (Å²) in [6.07, 6.45) is 1.10. The number of fused-ring (bicyclic) bond motifs is 1. The molecule has 2 aromatic rings. The first kappa shape index (κ1) is 12.7. The zero-order valence-corrected chi connectivity index (χ0v) is 11.6. The van der Waals surface area contributed by atoms with Gasteiger partial charge in [-0.3, -0.25) is 4.90 Å². The Kier molecular flexibility index (Phi) is 3.85. The SMILES string of the molecule is CCc1cc2ccccc2n1CCN1CCOCC1. The van der Waals surface area contributed by atoms with Crippen molar-refractivity contribution in [3.63, 3.8) is 0 Å². The highest BCUT2D eigenvalue weighted by molar-refractivity contribution is 5.81. The minimum atomic E-state index is 0.882. The van der Waals surface area contributed by atoms with Gasteiger partial charge in [-0.05, 0) is 23.9 Å². The first-order valence-corrected chi connectivity index (χ1v) is 7.25. The van der Waals surface area contributed by atoms with E-state index >= 15 is 0 Å². The molecule has 1 aromatic carbocycles. The molecule has 1 fully saturated rings. The van der Waals surface area contributed by atoms with Gasteiger partial charge in [0, 0.05) is 37.4 Å². The molecule has 3 nitrogen and oxygen atoms in total. The standard InChI is InChI=1S/C16H22N2O/c1-2-15-13-14-5-3-4-6-16(14)18(15)8-7-17-9-11-19-12-10-17/h3-6,13H,2,7-12H2,1H3. The van der Waals surface area contributed by atoms with Crippen LogP contribution in [0.1, 0.15) is 12.6 Å². The predicted molar refractivity (Wildman–Crippen MR) is 78.6 cm³/mol. The molecule has 1 aliphatic heterocycles. The molecular weight excluding hydrogens is 236 g/mol. The van der Waals surface area contributed by atoms with E-state index in [-0.39, 0.29) is 0 Å². The Balaban J connectivity index is 1.78. The lowest BCUT2D eigenvalue weighted by Crippen LogP contribution is -2.38. The van der Waals surface area contributed by atoms with Crippen molar-refractivity contribution in [2.45, 2.75) is 19.9 Å². The van der Waals surface area contributed by atoms with E-state index < -0.39 is 0 Å². The lowest BCUT2D eigenvalue weighted by atomic mass is 10.2. The van der Waals surface area contributed by atoms with Crippen molar-refractivity contribution < 1.29 is 4.74 Å². The highest BCUT2D eigenvalue weighted by Gasteiger charge is 2.12. The Hall–Kier alpha value is -1.32. The van der Waals surface area contributed by atoms with Gasteiger partial charge in [0.05, 0.1) is 13.2 Å². The van der Waals surface area contributed by atoms with Gasteiger partial charge in [0.1, 0.15) is 0 Å². The fourth-order valence-electron chi connectivity index (χ4n) is 2.89. The molecule has 0 N–H and O–H groups in total. The number of rotatable bonds is 4. The molecule has 1 aliphatic rings. The van der Waals surface area contributed by atoms with Crippen LogP contribution in [0.4, 0.5) is 0 Å². The molecule has 19 heavy (non-hydrogen) atoms. The van der Waals surface area contributed by atoms with Crippen molar-refractivity contribution in [1.29, 1.82) is 0 Å². The van der Waals surface area contributed by atoms with E-state index in [0.29, 0.717) is 0 Å². The van der Waals surface area contributed by atoms with E-state index in [2.05, 4.69) is 46.7 Å². The third kappa shape index (κ3) is 2.67. The first-order chi connectivity index (χ1) is 9.38. The molecule has 102 valence electrons. The van der Waals surface area contributed by atoms with Crippen molar-refractivity contribution in [2.24, 2.45) is 0 Å². The van der Waals surface area contributed by atoms with Gasteiger partial charge in [0.2, 0.25) is 0 Å². The van der Waals surface area contributed by atoms with Crippen LogP contribution in [0.25, 0.3) is 10.9 Å². The Labute approximate surface area is 114 Å². The van der Waals surface area contributed by atoms with Crippen molar-refractivity contribution in [1.82, 2.24) is 9.47 Å². The van der Waals surface area contributed by atoms with Crippen LogP contribution in [0.2, 0.25) is 0 Å². The van der Waals surface area contributed by atoms with Gasteiger partial charge in [0.15, 0.2) is 0 Å². The summed E-state index contributed by atoms with van der Waals surface area (Å²) >= 11 is 0. The molecule has 0 aliphatic carbocycles. The quantitative estimate of drug-likeness (QED) is 0.838. The number of morpholine rings is 1. The third-order valence-electron chi connectivity index (χ3n) is 4.00. The average Bonchev–Trinajstić information content (AvgIpc) is 2.84. The molecule has 3 rings (SSSR count). The summed E-state index contributed by atoms with van der Waals surface area (Å²) in [7, 11) is 0. The molecule has 1 saturated heterocycles. The minimum absolute atomic E-state index is 0.882. The van der Waals surface area contributed by atoms with E-state index in [0.717, 1.165) is 45.8 Å². The number of ether oxygens (including phenoxy) is 1. The summed E-state index contributed by atoms with van der Waals surface area (Å²) in [5.74, 6) is 0. The topological polar surface area (TPSA) is 17.4 Å². The highest BCUT2D eigenvalue weighted by atomic mass is 16.5. The monoisotopic (exact) mass is 258 g/mol. The number of para-hydroxylation sites is 1. The summed E-state index contributed by atoms with van der Waals surface area (Å²) in [6.45, 7) is 8.34. The number of aromatic nitrogens is 1. The summed E-state index contributed by atoms with van der Waals surface area (Å²) in [4.78, 5) is 2.50. The summed E-state index contributed by atoms with van der Waals surface area (Å²) in [5, 5.41) is 1.36. The van der Waals surface area contributed by atoms with Crippen molar-refractivity contribution in [2.75, 3.05) is 32.8 Å². The second-order valence-electron chi connectivity index (χ2n) is 5.15. The molecule has 3 heteroatoms. The maximum Gasteiger partial charge on any atom is 0.0594 e. The largest absolute Gasteiger partial charge is 0.379 e. The zero-order chi connectivity index (χ0) is 13.1. The smallest absolute Gasteiger partial charge is 0.0594 e. The Morgan fingerprint density at radius 3 is 2.68 bits per heavy atom. The van der Waals surface area contributed by atoms with Gasteiger partial charge in [-0.25, -0.2) is 0 Å². The maximum absolute atomic E-state index is 5.40. The maximum atomic E-state index is 5.40. The normalized spacial score (nSPS) is 17.1. The number of hydrogen-bond donors (Lipinski definition) is 0. The molecule has 0 amide bonds. The van der Waals surface area contributed by atoms with Crippen LogP contribution in [0.3, 0.4) is 0 Å². The molecule has 1 aromatic heterocycles. The van der Waals surface area contributed by atoms with Gasteiger partial charge in [-0.2, -0.15) is 0 Å². The second kappa shape index (κ2) is 5.76. The van der Waals surface area contributed by atoms with Crippen molar-refractivity contribution in [3.05, 3.63) is 36.0 Å². The predicted octanol–water partition coefficient (Wildman–Crippen LogP) is 2.54. The van der Waals surface area contributed by atoms with Gasteiger partial charge >= 0.3 is 0 Å². The first-order valence-electron chi connectivity index (χ1n) is 7.25. The van der Waals surface area contributed by atoms with E-state index in [1.54, 1.807) is 0 Å². The van der Waals surface area contributed by atoms with Gasteiger partial charge in [-0.1, -0.05) is 25.1 Å². The second-order valence-corrected chi connectivity index (χ2v) is 5.15. The number of aryl methyl sites for hydroxylation is 1. The van der Waals surface area contributed by atoms with Crippen LogP contribution in [-0.4, -0.2) is 42.3 Å². The van der Waals surface area contributed by atoms with Gasteiger partial charge in [-0.15, -0.1) is 0 Å². The molecule has 0 saturated carbocycles. The van der Waals surface area contributed by atoms with E-state index in [9.17, 15) is 0 Å². The molecular formula is C16H22N2O. The Morgan fingerprint density at radius 1 is 1.11 bits per heavy atom. The van der Waals surface area contributed by atoms with Crippen molar-refractivity contribution >= 4 is 10.9 Å². The van der Waals surface area contributed by atoms with Crippen LogP contribution in [-0.2, 0) is 17.7 Å². The molecule has 0 unspecified atom stereocenters. The molecule has 0 spiro atoms. The van der Waals surface area contributed by atoms with Crippen LogP contribution in [0.5, 0.6) is 0 Å². The zero-order valence-electron chi connectivity index (χ0n) is 11.6. The third-order valence-corrected chi connectivity index (χ3v) is 4.00. The van der Waals surface area contributed by atoms with Crippen LogP contribution in [0.15, 0.2) is 30.3 Å². The van der Waals surface area contributed by atoms with Crippen LogP contribution in [0, 0.1) is 0 Å². The molecule has 0 radical (unpaired) electrons. The number of benzene rings is 1. The van der Waals surface area contributed by atoms with Crippen LogP contribution >= 0.6 is 0 Å². The average molecular weight is 258 g/mol. The lowest BCUT2D eigenvalue weighted by Gasteiger charge is -2.27. The Bertz CT molecular complexity index is 541.